The molecular formula is C20H19ClN4O4. The monoisotopic (exact) mass is 414 g/mol. The highest BCUT2D eigenvalue weighted by molar-refractivity contribution is 6.31. The Kier molecular flexibility index (Phi) is 6.46. The van der Waals surface area contributed by atoms with Crippen molar-refractivity contribution >= 4 is 29.2 Å². The standard InChI is InChI=1S/C20H19ClN4O4/c1-13-4-3-5-14(2)20(13)29-10-19(27)28-9-18(26)24-16-8-15(21)6-7-17(16)25-12-22-11-23-25/h3-8,11-12H,9-10H2,1-2H3,(H,24,26). The van der Waals surface area contributed by atoms with Crippen molar-refractivity contribution in [1.29, 1.82) is 0 Å². The molecular weight excluding hydrogens is 396 g/mol. The van der Waals surface area contributed by atoms with Gasteiger partial charge in [-0.15, -0.1) is 0 Å². The maximum Gasteiger partial charge on any atom is 0.344 e. The molecule has 1 heterocycles. The van der Waals surface area contributed by atoms with E-state index in [9.17, 15) is 9.59 Å². The number of nitrogens with zero attached hydrogens (tertiary/aromatic N) is 3. The SMILES string of the molecule is Cc1cccc(C)c1OCC(=O)OCC(=O)Nc1cc(Cl)ccc1-n1cncn1. The van der Waals surface area contributed by atoms with Gasteiger partial charge in [0, 0.05) is 5.02 Å². The van der Waals surface area contributed by atoms with E-state index in [2.05, 4.69) is 15.4 Å². The van der Waals surface area contributed by atoms with Crippen molar-refractivity contribution in [2.75, 3.05) is 18.5 Å². The molecule has 0 atom stereocenters. The third kappa shape index (κ3) is 5.32. The van der Waals surface area contributed by atoms with Crippen LogP contribution in [0.15, 0.2) is 49.1 Å². The molecule has 8 nitrogen and oxygen atoms in total. The zero-order chi connectivity index (χ0) is 20.8. The molecule has 29 heavy (non-hydrogen) atoms. The molecule has 9 heteroatoms. The normalized spacial score (nSPS) is 10.4. The first kappa shape index (κ1) is 20.3. The largest absolute Gasteiger partial charge is 0.481 e. The molecule has 1 amide bonds. The summed E-state index contributed by atoms with van der Waals surface area (Å²) in [6.45, 7) is 3.02. The van der Waals surface area contributed by atoms with Crippen LogP contribution in [-0.2, 0) is 14.3 Å². The first-order chi connectivity index (χ1) is 13.9. The fourth-order valence-electron chi connectivity index (χ4n) is 2.67. The number of para-hydroxylation sites is 1. The molecule has 150 valence electrons. The van der Waals surface area contributed by atoms with Gasteiger partial charge >= 0.3 is 5.97 Å². The summed E-state index contributed by atoms with van der Waals surface area (Å²) in [5.41, 5.74) is 2.81. The summed E-state index contributed by atoms with van der Waals surface area (Å²) in [5.74, 6) is -0.537. The number of carbonyl (C=O) groups excluding carboxylic acids is 2. The number of hydrogen-bond donors (Lipinski definition) is 1. The lowest BCUT2D eigenvalue weighted by Gasteiger charge is -2.13. The van der Waals surface area contributed by atoms with E-state index in [0.29, 0.717) is 22.1 Å². The molecule has 0 bridgehead atoms. The third-order valence-electron chi connectivity index (χ3n) is 4.01. The molecule has 0 aliphatic carbocycles. The Labute approximate surface area is 172 Å². The number of rotatable bonds is 7. The first-order valence-electron chi connectivity index (χ1n) is 8.73. The van der Waals surface area contributed by atoms with Gasteiger partial charge in [0.2, 0.25) is 0 Å². The molecule has 0 aliphatic heterocycles. The zero-order valence-corrected chi connectivity index (χ0v) is 16.6. The minimum Gasteiger partial charge on any atom is -0.481 e. The second-order valence-corrected chi connectivity index (χ2v) is 6.66. The molecule has 0 aliphatic rings. The van der Waals surface area contributed by atoms with E-state index in [0.717, 1.165) is 11.1 Å². The van der Waals surface area contributed by atoms with E-state index in [1.54, 1.807) is 18.2 Å². The van der Waals surface area contributed by atoms with Crippen LogP contribution < -0.4 is 10.1 Å². The second-order valence-electron chi connectivity index (χ2n) is 6.22. The van der Waals surface area contributed by atoms with Gasteiger partial charge in [-0.2, -0.15) is 5.10 Å². The van der Waals surface area contributed by atoms with Gasteiger partial charge < -0.3 is 14.8 Å². The summed E-state index contributed by atoms with van der Waals surface area (Å²) in [4.78, 5) is 28.0. The molecule has 0 saturated carbocycles. The number of aromatic nitrogens is 3. The Balaban J connectivity index is 1.55. The lowest BCUT2D eigenvalue weighted by molar-refractivity contribution is -0.149. The molecule has 2 aromatic carbocycles. The van der Waals surface area contributed by atoms with Crippen molar-refractivity contribution < 1.29 is 19.1 Å². The highest BCUT2D eigenvalue weighted by Gasteiger charge is 2.13. The zero-order valence-electron chi connectivity index (χ0n) is 15.9. The van der Waals surface area contributed by atoms with E-state index in [-0.39, 0.29) is 6.61 Å². The second kappa shape index (κ2) is 9.20. The van der Waals surface area contributed by atoms with Gasteiger partial charge in [0.15, 0.2) is 13.2 Å². The number of halogens is 1. The van der Waals surface area contributed by atoms with E-state index in [4.69, 9.17) is 21.1 Å². The van der Waals surface area contributed by atoms with Gasteiger partial charge in [-0.3, -0.25) is 4.79 Å². The van der Waals surface area contributed by atoms with Crippen LogP contribution in [0.2, 0.25) is 5.02 Å². The van der Waals surface area contributed by atoms with E-state index >= 15 is 0 Å². The summed E-state index contributed by atoms with van der Waals surface area (Å²) >= 11 is 6.02. The Bertz CT molecular complexity index is 1000. The molecule has 0 spiro atoms. The number of esters is 1. The topological polar surface area (TPSA) is 95.3 Å². The molecule has 0 radical (unpaired) electrons. The maximum atomic E-state index is 12.2. The molecule has 1 aromatic heterocycles. The quantitative estimate of drug-likeness (QED) is 0.597. The van der Waals surface area contributed by atoms with Crippen LogP contribution in [0.4, 0.5) is 5.69 Å². The first-order valence-corrected chi connectivity index (χ1v) is 9.11. The van der Waals surface area contributed by atoms with Crippen LogP contribution in [0.5, 0.6) is 5.75 Å². The molecule has 3 aromatic rings. The van der Waals surface area contributed by atoms with Crippen LogP contribution in [0.25, 0.3) is 5.69 Å². The average molecular weight is 415 g/mol. The van der Waals surface area contributed by atoms with Crippen molar-refractivity contribution in [2.24, 2.45) is 0 Å². The van der Waals surface area contributed by atoms with Crippen LogP contribution in [-0.4, -0.2) is 39.9 Å². The molecule has 0 saturated heterocycles. The van der Waals surface area contributed by atoms with Gasteiger partial charge in [0.05, 0.1) is 11.4 Å². The summed E-state index contributed by atoms with van der Waals surface area (Å²) < 4.78 is 12.0. The van der Waals surface area contributed by atoms with Crippen molar-refractivity contribution in [3.8, 4) is 11.4 Å². The molecule has 1 N–H and O–H groups in total. The van der Waals surface area contributed by atoms with Crippen LogP contribution in [0.3, 0.4) is 0 Å². The highest BCUT2D eigenvalue weighted by atomic mass is 35.5. The van der Waals surface area contributed by atoms with Crippen molar-refractivity contribution in [1.82, 2.24) is 14.8 Å². The Hall–Kier alpha value is -3.39. The average Bonchev–Trinajstić information content (AvgIpc) is 3.20. The minimum atomic E-state index is -0.648. The lowest BCUT2D eigenvalue weighted by Crippen LogP contribution is -2.24. The van der Waals surface area contributed by atoms with Crippen molar-refractivity contribution in [2.45, 2.75) is 13.8 Å². The van der Waals surface area contributed by atoms with Gasteiger partial charge in [0.1, 0.15) is 18.4 Å². The van der Waals surface area contributed by atoms with Gasteiger partial charge in [0.25, 0.3) is 5.91 Å². The minimum absolute atomic E-state index is 0.291. The van der Waals surface area contributed by atoms with E-state index in [1.807, 2.05) is 32.0 Å². The highest BCUT2D eigenvalue weighted by Crippen LogP contribution is 2.24. The fourth-order valence-corrected chi connectivity index (χ4v) is 2.84. The Morgan fingerprint density at radius 1 is 1.14 bits per heavy atom. The number of anilines is 1. The lowest BCUT2D eigenvalue weighted by atomic mass is 10.1. The molecule has 3 rings (SSSR count). The smallest absolute Gasteiger partial charge is 0.344 e. The number of amides is 1. The Morgan fingerprint density at radius 3 is 2.59 bits per heavy atom. The summed E-state index contributed by atoms with van der Waals surface area (Å²) in [5, 5.41) is 7.13. The molecule has 0 fully saturated rings. The summed E-state index contributed by atoms with van der Waals surface area (Å²) in [7, 11) is 0. The van der Waals surface area contributed by atoms with Gasteiger partial charge in [-0.1, -0.05) is 29.8 Å². The van der Waals surface area contributed by atoms with Gasteiger partial charge in [-0.25, -0.2) is 14.5 Å². The van der Waals surface area contributed by atoms with Crippen LogP contribution in [0, 0.1) is 13.8 Å². The number of benzene rings is 2. The van der Waals surface area contributed by atoms with Crippen molar-refractivity contribution in [3.63, 3.8) is 0 Å². The number of nitrogens with one attached hydrogen (secondary N) is 1. The van der Waals surface area contributed by atoms with Gasteiger partial charge in [-0.05, 0) is 43.2 Å². The van der Waals surface area contributed by atoms with E-state index < -0.39 is 18.5 Å². The summed E-state index contributed by atoms with van der Waals surface area (Å²) in [6, 6.07) is 10.6. The maximum absolute atomic E-state index is 12.2. The predicted molar refractivity (Wildman–Crippen MR) is 107 cm³/mol. The van der Waals surface area contributed by atoms with Crippen LogP contribution >= 0.6 is 11.6 Å². The fraction of sp³-hybridized carbons (Fsp3) is 0.200. The number of carbonyl (C=O) groups is 2. The summed E-state index contributed by atoms with van der Waals surface area (Å²) in [6.07, 6.45) is 2.86. The van der Waals surface area contributed by atoms with Crippen LogP contribution in [0.1, 0.15) is 11.1 Å². The number of hydrogen-bond acceptors (Lipinski definition) is 6. The molecule has 0 unspecified atom stereocenters. The Morgan fingerprint density at radius 2 is 1.90 bits per heavy atom. The van der Waals surface area contributed by atoms with E-state index in [1.165, 1.54) is 17.3 Å². The number of aryl methyl sites for hydroxylation is 2. The predicted octanol–water partition coefficient (Wildman–Crippen LogP) is 3.10. The number of ether oxygens (including phenoxy) is 2. The third-order valence-corrected chi connectivity index (χ3v) is 4.24. The van der Waals surface area contributed by atoms with Crippen molar-refractivity contribution in [3.05, 3.63) is 65.2 Å².